The lowest BCUT2D eigenvalue weighted by atomic mass is 10.0. The van der Waals surface area contributed by atoms with E-state index in [0.29, 0.717) is 5.82 Å². The fourth-order valence-electron chi connectivity index (χ4n) is 3.20. The second-order valence-corrected chi connectivity index (χ2v) is 6.97. The summed E-state index contributed by atoms with van der Waals surface area (Å²) in [5, 5.41) is 11.6. The Kier molecular flexibility index (Phi) is 5.85. The molecule has 0 radical (unpaired) electrons. The van der Waals surface area contributed by atoms with E-state index in [1.54, 1.807) is 0 Å². The molecule has 0 spiro atoms. The van der Waals surface area contributed by atoms with Gasteiger partial charge < -0.3 is 16.0 Å². The van der Waals surface area contributed by atoms with Crippen molar-refractivity contribution in [1.29, 1.82) is 0 Å². The van der Waals surface area contributed by atoms with Gasteiger partial charge in [-0.2, -0.15) is 5.10 Å². The van der Waals surface area contributed by atoms with Crippen molar-refractivity contribution in [2.75, 3.05) is 39.5 Å². The number of benzene rings is 1. The maximum atomic E-state index is 6.07. The van der Waals surface area contributed by atoms with Crippen LogP contribution in [-0.4, -0.2) is 53.8 Å². The van der Waals surface area contributed by atoms with E-state index in [9.17, 15) is 0 Å². The summed E-state index contributed by atoms with van der Waals surface area (Å²) < 4.78 is 0. The van der Waals surface area contributed by atoms with Crippen LogP contribution in [0.25, 0.3) is 22.3 Å². The van der Waals surface area contributed by atoms with Crippen molar-refractivity contribution in [1.82, 2.24) is 25.4 Å². The van der Waals surface area contributed by atoms with Gasteiger partial charge in [0.25, 0.3) is 0 Å². The van der Waals surface area contributed by atoms with Crippen LogP contribution < -0.4 is 11.1 Å². The second kappa shape index (κ2) is 8.29. The van der Waals surface area contributed by atoms with Crippen LogP contribution in [0.4, 0.5) is 5.82 Å². The van der Waals surface area contributed by atoms with E-state index in [1.165, 1.54) is 11.1 Å². The van der Waals surface area contributed by atoms with Gasteiger partial charge in [-0.15, -0.1) is 0 Å². The van der Waals surface area contributed by atoms with E-state index in [4.69, 9.17) is 10.7 Å². The van der Waals surface area contributed by atoms with E-state index in [-0.39, 0.29) is 0 Å². The summed E-state index contributed by atoms with van der Waals surface area (Å²) in [5.41, 5.74) is 11.3. The first-order chi connectivity index (χ1) is 12.6. The van der Waals surface area contributed by atoms with Crippen LogP contribution in [0, 0.1) is 6.92 Å². The average Bonchev–Trinajstić information content (AvgIpc) is 2.99. The van der Waals surface area contributed by atoms with Gasteiger partial charge in [0.05, 0.1) is 11.1 Å². The zero-order valence-electron chi connectivity index (χ0n) is 15.8. The maximum Gasteiger partial charge on any atom is 0.158 e. The Morgan fingerprint density at radius 2 is 2.00 bits per heavy atom. The van der Waals surface area contributed by atoms with Gasteiger partial charge in [0.15, 0.2) is 11.5 Å². The molecule has 0 aliphatic rings. The molecule has 2 heterocycles. The lowest BCUT2D eigenvalue weighted by Crippen LogP contribution is -2.23. The molecular formula is C20H28N6. The SMILES string of the molecule is Cc1ccccc1-c1cc(CCNCCCN(C)C)c2c(N)n[nH]c2n1. The van der Waals surface area contributed by atoms with Crippen molar-refractivity contribution in [3.05, 3.63) is 41.5 Å². The molecule has 1 aromatic carbocycles. The molecule has 0 aliphatic heterocycles. The van der Waals surface area contributed by atoms with Gasteiger partial charge in [-0.3, -0.25) is 5.10 Å². The summed E-state index contributed by atoms with van der Waals surface area (Å²) in [4.78, 5) is 6.94. The van der Waals surface area contributed by atoms with Crippen molar-refractivity contribution in [3.8, 4) is 11.3 Å². The average molecular weight is 352 g/mol. The standard InChI is InChI=1S/C20H28N6/c1-14-7-4-5-8-16(14)17-13-15(9-11-22-10-6-12-26(2)3)18-19(21)24-25-20(18)23-17/h4-5,7-8,13,22H,6,9-12H2,1-3H3,(H3,21,23,24,25). The fourth-order valence-corrected chi connectivity index (χ4v) is 3.20. The number of nitrogens with two attached hydrogens (primary N) is 1. The van der Waals surface area contributed by atoms with Gasteiger partial charge in [-0.25, -0.2) is 4.98 Å². The Labute approximate surface area is 154 Å². The molecule has 0 bridgehead atoms. The molecule has 0 aliphatic carbocycles. The van der Waals surface area contributed by atoms with E-state index in [0.717, 1.165) is 54.8 Å². The third-order valence-electron chi connectivity index (χ3n) is 4.59. The summed E-state index contributed by atoms with van der Waals surface area (Å²) in [6.45, 7) is 5.12. The van der Waals surface area contributed by atoms with Crippen LogP contribution in [0.15, 0.2) is 30.3 Å². The number of anilines is 1. The molecule has 138 valence electrons. The molecule has 2 aromatic heterocycles. The van der Waals surface area contributed by atoms with Gasteiger partial charge in [0.1, 0.15) is 0 Å². The lowest BCUT2D eigenvalue weighted by molar-refractivity contribution is 0.395. The summed E-state index contributed by atoms with van der Waals surface area (Å²) in [6, 6.07) is 10.4. The van der Waals surface area contributed by atoms with Gasteiger partial charge in [0, 0.05) is 5.56 Å². The van der Waals surface area contributed by atoms with Crippen LogP contribution in [0.2, 0.25) is 0 Å². The molecule has 0 atom stereocenters. The van der Waals surface area contributed by atoms with Crippen LogP contribution in [0.3, 0.4) is 0 Å². The van der Waals surface area contributed by atoms with E-state index in [1.807, 2.05) is 12.1 Å². The monoisotopic (exact) mass is 352 g/mol. The highest BCUT2D eigenvalue weighted by Crippen LogP contribution is 2.28. The third kappa shape index (κ3) is 4.20. The van der Waals surface area contributed by atoms with E-state index >= 15 is 0 Å². The summed E-state index contributed by atoms with van der Waals surface area (Å²) >= 11 is 0. The largest absolute Gasteiger partial charge is 0.382 e. The van der Waals surface area contributed by atoms with Gasteiger partial charge >= 0.3 is 0 Å². The molecule has 0 saturated carbocycles. The van der Waals surface area contributed by atoms with Gasteiger partial charge in [0.2, 0.25) is 0 Å². The van der Waals surface area contributed by atoms with E-state index < -0.39 is 0 Å². The van der Waals surface area contributed by atoms with Crippen molar-refractivity contribution in [2.45, 2.75) is 19.8 Å². The molecule has 6 nitrogen and oxygen atoms in total. The number of aromatic amines is 1. The minimum Gasteiger partial charge on any atom is -0.382 e. The zero-order valence-corrected chi connectivity index (χ0v) is 15.8. The summed E-state index contributed by atoms with van der Waals surface area (Å²) in [7, 11) is 4.20. The van der Waals surface area contributed by atoms with Crippen molar-refractivity contribution >= 4 is 16.9 Å². The molecule has 0 unspecified atom stereocenters. The first-order valence-corrected chi connectivity index (χ1v) is 9.11. The van der Waals surface area contributed by atoms with Crippen molar-refractivity contribution < 1.29 is 0 Å². The number of aromatic nitrogens is 3. The first-order valence-electron chi connectivity index (χ1n) is 9.11. The van der Waals surface area contributed by atoms with Crippen molar-refractivity contribution in [3.63, 3.8) is 0 Å². The molecule has 0 amide bonds. The highest BCUT2D eigenvalue weighted by Gasteiger charge is 2.13. The van der Waals surface area contributed by atoms with Crippen LogP contribution in [0.1, 0.15) is 17.5 Å². The summed E-state index contributed by atoms with van der Waals surface area (Å²) in [5.74, 6) is 0.520. The molecule has 3 aromatic rings. The smallest absolute Gasteiger partial charge is 0.158 e. The number of nitrogen functional groups attached to an aromatic ring is 1. The first kappa shape index (κ1) is 18.4. The second-order valence-electron chi connectivity index (χ2n) is 6.97. The molecule has 26 heavy (non-hydrogen) atoms. The predicted molar refractivity (Wildman–Crippen MR) is 108 cm³/mol. The Morgan fingerprint density at radius 3 is 2.77 bits per heavy atom. The van der Waals surface area contributed by atoms with Crippen LogP contribution in [0.5, 0.6) is 0 Å². The van der Waals surface area contributed by atoms with Crippen LogP contribution >= 0.6 is 0 Å². The Bertz CT molecular complexity index is 868. The third-order valence-corrected chi connectivity index (χ3v) is 4.59. The van der Waals surface area contributed by atoms with Crippen LogP contribution in [-0.2, 0) is 6.42 Å². The molecule has 3 rings (SSSR count). The Balaban J connectivity index is 1.79. The number of nitrogens with one attached hydrogen (secondary N) is 2. The lowest BCUT2D eigenvalue weighted by Gasteiger charge is -2.11. The van der Waals surface area contributed by atoms with Crippen molar-refractivity contribution in [2.24, 2.45) is 0 Å². The minimum atomic E-state index is 0.520. The van der Waals surface area contributed by atoms with Gasteiger partial charge in [-0.1, -0.05) is 24.3 Å². The normalized spacial score (nSPS) is 11.5. The molecule has 6 heteroatoms. The molecule has 0 fully saturated rings. The quantitative estimate of drug-likeness (QED) is 0.543. The Hall–Kier alpha value is -2.44. The zero-order chi connectivity index (χ0) is 18.5. The molecule has 0 saturated heterocycles. The number of pyridine rings is 1. The number of hydrogen-bond donors (Lipinski definition) is 3. The number of nitrogens with zero attached hydrogens (tertiary/aromatic N) is 3. The molecule has 4 N–H and O–H groups in total. The topological polar surface area (TPSA) is 82.9 Å². The number of fused-ring (bicyclic) bond motifs is 1. The minimum absolute atomic E-state index is 0.520. The highest BCUT2D eigenvalue weighted by molar-refractivity contribution is 5.91. The fraction of sp³-hybridized carbons (Fsp3) is 0.400. The van der Waals surface area contributed by atoms with Gasteiger partial charge in [-0.05, 0) is 70.7 Å². The predicted octanol–water partition coefficient (Wildman–Crippen LogP) is 2.60. The maximum absolute atomic E-state index is 6.07. The number of aryl methyl sites for hydroxylation is 1. The number of H-pyrrole nitrogens is 1. The Morgan fingerprint density at radius 1 is 1.19 bits per heavy atom. The number of hydrogen-bond acceptors (Lipinski definition) is 5. The van der Waals surface area contributed by atoms with E-state index in [2.05, 4.69) is 59.6 Å². The summed E-state index contributed by atoms with van der Waals surface area (Å²) in [6.07, 6.45) is 2.03. The number of rotatable bonds is 8. The highest BCUT2D eigenvalue weighted by atomic mass is 15.2. The molecular weight excluding hydrogens is 324 g/mol.